The number of halogens is 1. The van der Waals surface area contributed by atoms with Gasteiger partial charge in [-0.3, -0.25) is 4.79 Å². The number of benzene rings is 2. The number of rotatable bonds is 5. The predicted molar refractivity (Wildman–Crippen MR) is 84.8 cm³/mol. The van der Waals surface area contributed by atoms with Crippen LogP contribution in [0.2, 0.25) is 5.02 Å². The lowest BCUT2D eigenvalue weighted by Gasteiger charge is -2.09. The van der Waals surface area contributed by atoms with Crippen molar-refractivity contribution in [2.75, 3.05) is 0 Å². The Morgan fingerprint density at radius 1 is 1.10 bits per heavy atom. The molecule has 2 nitrogen and oxygen atoms in total. The lowest BCUT2D eigenvalue weighted by atomic mass is 10.0. The molecule has 2 aromatic rings. The highest BCUT2D eigenvalue weighted by atomic mass is 35.5. The van der Waals surface area contributed by atoms with Gasteiger partial charge in [0.05, 0.1) is 0 Å². The molecule has 2 rings (SSSR count). The molecule has 20 heavy (non-hydrogen) atoms. The van der Waals surface area contributed by atoms with Gasteiger partial charge in [-0.2, -0.15) is 0 Å². The molecule has 0 aliphatic heterocycles. The first-order valence-electron chi connectivity index (χ1n) is 6.30. The van der Waals surface area contributed by atoms with Crippen LogP contribution in [0.4, 0.5) is 0 Å². The largest absolute Gasteiger partial charge is 0.457 e. The van der Waals surface area contributed by atoms with E-state index < -0.39 is 0 Å². The molecule has 0 radical (unpaired) electrons. The van der Waals surface area contributed by atoms with Crippen LogP contribution in [0.25, 0.3) is 0 Å². The minimum Gasteiger partial charge on any atom is -0.457 e. The molecule has 104 valence electrons. The van der Waals surface area contributed by atoms with Crippen molar-refractivity contribution < 1.29 is 9.53 Å². The van der Waals surface area contributed by atoms with Crippen LogP contribution < -0.4 is 4.74 Å². The van der Waals surface area contributed by atoms with Crippen molar-refractivity contribution in [3.05, 3.63) is 59.1 Å². The monoisotopic (exact) mass is 306 g/mol. The number of ether oxygens (including phenoxy) is 1. The van der Waals surface area contributed by atoms with Gasteiger partial charge in [-0.15, -0.1) is 12.6 Å². The predicted octanol–water partition coefficient (Wildman–Crippen LogP) is 4.77. The van der Waals surface area contributed by atoms with E-state index in [0.29, 0.717) is 11.4 Å². The molecule has 4 heteroatoms. The van der Waals surface area contributed by atoms with Gasteiger partial charge < -0.3 is 4.74 Å². The van der Waals surface area contributed by atoms with E-state index >= 15 is 0 Å². The maximum Gasteiger partial charge on any atom is 0.189 e. The fourth-order valence-electron chi connectivity index (χ4n) is 1.77. The highest BCUT2D eigenvalue weighted by molar-refractivity contribution is 7.96. The Bertz CT molecular complexity index is 578. The zero-order valence-electron chi connectivity index (χ0n) is 11.0. The third-order valence-corrected chi connectivity index (χ3v) is 3.63. The average molecular weight is 307 g/mol. The summed E-state index contributed by atoms with van der Waals surface area (Å²) in [5.74, 6) is 1.41. The van der Waals surface area contributed by atoms with Crippen molar-refractivity contribution in [3.8, 4) is 11.5 Å². The molecule has 0 fully saturated rings. The van der Waals surface area contributed by atoms with E-state index in [1.54, 1.807) is 12.1 Å². The molecular formula is C16H15ClO2S. The standard InChI is InChI=1S/C16H15ClO2S/c1-11(16(18)20)10-12-2-6-14(7-3-12)19-15-8-4-13(17)5-9-15/h2-9,11H,10H2,1H3,(H,18,20). The Morgan fingerprint density at radius 2 is 1.60 bits per heavy atom. The first-order valence-corrected chi connectivity index (χ1v) is 7.12. The maximum atomic E-state index is 11.1. The van der Waals surface area contributed by atoms with Gasteiger partial charge in [-0.25, -0.2) is 0 Å². The van der Waals surface area contributed by atoms with E-state index in [9.17, 15) is 4.79 Å². The van der Waals surface area contributed by atoms with Gasteiger partial charge in [0.2, 0.25) is 0 Å². The molecule has 0 heterocycles. The summed E-state index contributed by atoms with van der Waals surface area (Å²) < 4.78 is 5.70. The third-order valence-electron chi connectivity index (χ3n) is 2.94. The molecule has 0 aromatic heterocycles. The lowest BCUT2D eigenvalue weighted by molar-refractivity contribution is -0.113. The Morgan fingerprint density at radius 3 is 2.10 bits per heavy atom. The second-order valence-corrected chi connectivity index (χ2v) is 5.52. The number of carbonyl (C=O) groups excluding carboxylic acids is 1. The van der Waals surface area contributed by atoms with Crippen LogP contribution in [0.15, 0.2) is 48.5 Å². The average Bonchev–Trinajstić information content (AvgIpc) is 2.43. The molecule has 0 N–H and O–H groups in total. The smallest absolute Gasteiger partial charge is 0.189 e. The third kappa shape index (κ3) is 4.29. The van der Waals surface area contributed by atoms with Crippen molar-refractivity contribution in [3.63, 3.8) is 0 Å². The normalized spacial score (nSPS) is 11.9. The molecule has 0 aliphatic rings. The highest BCUT2D eigenvalue weighted by Crippen LogP contribution is 2.24. The van der Waals surface area contributed by atoms with Crippen molar-refractivity contribution in [2.24, 2.45) is 5.92 Å². The topological polar surface area (TPSA) is 26.3 Å². The number of hydrogen-bond donors (Lipinski definition) is 1. The van der Waals surface area contributed by atoms with Crippen molar-refractivity contribution in [1.82, 2.24) is 0 Å². The van der Waals surface area contributed by atoms with Crippen LogP contribution in [0, 0.1) is 5.92 Å². The quantitative estimate of drug-likeness (QED) is 0.806. The van der Waals surface area contributed by atoms with Gasteiger partial charge in [0.1, 0.15) is 11.5 Å². The maximum absolute atomic E-state index is 11.1. The molecule has 0 bridgehead atoms. The van der Waals surface area contributed by atoms with E-state index in [1.807, 2.05) is 43.3 Å². The molecular weight excluding hydrogens is 292 g/mol. The zero-order chi connectivity index (χ0) is 14.5. The number of thiol groups is 1. The molecule has 0 aliphatic carbocycles. The Labute approximate surface area is 129 Å². The van der Waals surface area contributed by atoms with E-state index in [2.05, 4.69) is 12.6 Å². The summed E-state index contributed by atoms with van der Waals surface area (Å²) in [7, 11) is 0. The van der Waals surface area contributed by atoms with Gasteiger partial charge in [0.15, 0.2) is 5.12 Å². The van der Waals surface area contributed by atoms with Crippen LogP contribution in [0.3, 0.4) is 0 Å². The Balaban J connectivity index is 2.01. The minimum absolute atomic E-state index is 0.0821. The zero-order valence-corrected chi connectivity index (χ0v) is 12.7. The Kier molecular flexibility index (Phi) is 5.10. The van der Waals surface area contributed by atoms with E-state index in [-0.39, 0.29) is 11.0 Å². The van der Waals surface area contributed by atoms with Gasteiger partial charge in [-0.1, -0.05) is 30.7 Å². The highest BCUT2D eigenvalue weighted by Gasteiger charge is 2.09. The van der Waals surface area contributed by atoms with Crippen LogP contribution in [-0.4, -0.2) is 5.12 Å². The summed E-state index contributed by atoms with van der Waals surface area (Å²) in [5.41, 5.74) is 1.09. The molecule has 2 aromatic carbocycles. The molecule has 1 unspecified atom stereocenters. The Hall–Kier alpha value is -1.45. The van der Waals surface area contributed by atoms with Crippen LogP contribution in [0.1, 0.15) is 12.5 Å². The number of carbonyl (C=O) groups is 1. The number of hydrogen-bond acceptors (Lipinski definition) is 2. The molecule has 0 spiro atoms. The summed E-state index contributed by atoms with van der Waals surface area (Å²) in [6.45, 7) is 1.87. The molecule has 0 saturated carbocycles. The first-order chi connectivity index (χ1) is 9.54. The summed E-state index contributed by atoms with van der Waals surface area (Å²) in [6, 6.07) is 14.9. The van der Waals surface area contributed by atoms with Crippen LogP contribution in [0.5, 0.6) is 11.5 Å². The van der Waals surface area contributed by atoms with Gasteiger partial charge >= 0.3 is 0 Å². The van der Waals surface area contributed by atoms with E-state index in [4.69, 9.17) is 16.3 Å². The summed E-state index contributed by atoms with van der Waals surface area (Å²) in [6.07, 6.45) is 0.684. The van der Waals surface area contributed by atoms with E-state index in [0.717, 1.165) is 17.1 Å². The van der Waals surface area contributed by atoms with Gasteiger partial charge in [0.25, 0.3) is 0 Å². The van der Waals surface area contributed by atoms with Gasteiger partial charge in [-0.05, 0) is 48.4 Å². The van der Waals surface area contributed by atoms with E-state index in [1.165, 1.54) is 0 Å². The van der Waals surface area contributed by atoms with Crippen LogP contribution in [-0.2, 0) is 11.2 Å². The SMILES string of the molecule is CC(Cc1ccc(Oc2ccc(Cl)cc2)cc1)C(=O)S. The summed E-state index contributed by atoms with van der Waals surface area (Å²) in [4.78, 5) is 11.1. The molecule has 1 atom stereocenters. The van der Waals surface area contributed by atoms with Crippen LogP contribution >= 0.6 is 24.2 Å². The van der Waals surface area contributed by atoms with Crippen molar-refractivity contribution >= 4 is 29.3 Å². The minimum atomic E-state index is -0.0912. The van der Waals surface area contributed by atoms with Gasteiger partial charge in [0, 0.05) is 10.9 Å². The molecule has 0 amide bonds. The summed E-state index contributed by atoms with van der Waals surface area (Å²) >= 11 is 9.66. The lowest BCUT2D eigenvalue weighted by Crippen LogP contribution is -2.07. The van der Waals surface area contributed by atoms with Crippen molar-refractivity contribution in [1.29, 1.82) is 0 Å². The summed E-state index contributed by atoms with van der Waals surface area (Å²) in [5, 5.41) is 0.588. The van der Waals surface area contributed by atoms with Crippen molar-refractivity contribution in [2.45, 2.75) is 13.3 Å². The second kappa shape index (κ2) is 6.82. The first kappa shape index (κ1) is 14.9. The fourth-order valence-corrected chi connectivity index (χ4v) is 1.99. The molecule has 0 saturated heterocycles. The second-order valence-electron chi connectivity index (χ2n) is 4.64. The fraction of sp³-hybridized carbons (Fsp3) is 0.188.